The summed E-state index contributed by atoms with van der Waals surface area (Å²) in [6.07, 6.45) is 5.15. The van der Waals surface area contributed by atoms with Crippen LogP contribution in [0.2, 0.25) is 0 Å². The van der Waals surface area contributed by atoms with Crippen LogP contribution < -0.4 is 0 Å². The summed E-state index contributed by atoms with van der Waals surface area (Å²) in [6, 6.07) is 0.343. The van der Waals surface area contributed by atoms with E-state index in [4.69, 9.17) is 0 Å². The van der Waals surface area contributed by atoms with E-state index in [1.165, 1.54) is 12.8 Å². The fourth-order valence-corrected chi connectivity index (χ4v) is 2.08. The first-order valence-electron chi connectivity index (χ1n) is 5.97. The van der Waals surface area contributed by atoms with Gasteiger partial charge < -0.3 is 4.90 Å². The van der Waals surface area contributed by atoms with Crippen LogP contribution in [0.4, 0.5) is 0 Å². The third-order valence-corrected chi connectivity index (χ3v) is 3.42. The maximum Gasteiger partial charge on any atom is 0.222 e. The predicted octanol–water partition coefficient (Wildman–Crippen LogP) is 0.949. The molecule has 1 amide bonds. The lowest BCUT2D eigenvalue weighted by Gasteiger charge is -2.38. The molecule has 1 aliphatic heterocycles. The summed E-state index contributed by atoms with van der Waals surface area (Å²) in [6.45, 7) is 3.48. The van der Waals surface area contributed by atoms with Crippen LogP contribution in [0.25, 0.3) is 0 Å². The van der Waals surface area contributed by atoms with Crippen molar-refractivity contribution in [1.82, 2.24) is 19.9 Å². The molecule has 2 fully saturated rings. The molecule has 16 heavy (non-hydrogen) atoms. The van der Waals surface area contributed by atoms with Gasteiger partial charge in [0.25, 0.3) is 0 Å². The lowest BCUT2D eigenvalue weighted by Crippen LogP contribution is -2.50. The van der Waals surface area contributed by atoms with Crippen molar-refractivity contribution in [3.63, 3.8) is 0 Å². The summed E-state index contributed by atoms with van der Waals surface area (Å²) in [7, 11) is 0. The topological polar surface area (TPSA) is 51.0 Å². The molecule has 3 rings (SSSR count). The third kappa shape index (κ3) is 1.60. The van der Waals surface area contributed by atoms with Crippen molar-refractivity contribution in [2.75, 3.05) is 13.1 Å². The summed E-state index contributed by atoms with van der Waals surface area (Å²) in [5.41, 5.74) is 1.13. The normalized spacial score (nSPS) is 20.9. The molecule has 1 aliphatic carbocycles. The van der Waals surface area contributed by atoms with Crippen LogP contribution in [-0.2, 0) is 4.79 Å². The number of likely N-dealkylation sites (tertiary alicyclic amines) is 1. The van der Waals surface area contributed by atoms with Gasteiger partial charge in [0.1, 0.15) is 0 Å². The van der Waals surface area contributed by atoms with Gasteiger partial charge in [-0.3, -0.25) is 4.79 Å². The average molecular weight is 220 g/mol. The maximum absolute atomic E-state index is 11.4. The Morgan fingerprint density at radius 1 is 1.50 bits per heavy atom. The molecule has 2 heterocycles. The molecular formula is C11H16N4O. The van der Waals surface area contributed by atoms with Crippen molar-refractivity contribution >= 4 is 5.91 Å². The van der Waals surface area contributed by atoms with Gasteiger partial charge in [-0.25, -0.2) is 4.68 Å². The average Bonchev–Trinajstić information content (AvgIpc) is 2.97. The first kappa shape index (κ1) is 9.81. The fourth-order valence-electron chi connectivity index (χ4n) is 2.08. The number of nitrogens with zero attached hydrogens (tertiary/aromatic N) is 4. The molecular weight excluding hydrogens is 204 g/mol. The molecule has 0 bridgehead atoms. The van der Waals surface area contributed by atoms with Crippen LogP contribution in [0.5, 0.6) is 0 Å². The smallest absolute Gasteiger partial charge is 0.222 e. The van der Waals surface area contributed by atoms with E-state index >= 15 is 0 Å². The zero-order valence-electron chi connectivity index (χ0n) is 9.46. The number of hydrogen-bond acceptors (Lipinski definition) is 3. The largest absolute Gasteiger partial charge is 0.338 e. The van der Waals surface area contributed by atoms with Gasteiger partial charge in [-0.1, -0.05) is 12.1 Å². The van der Waals surface area contributed by atoms with Gasteiger partial charge in [0.15, 0.2) is 0 Å². The number of carbonyl (C=O) groups excluding carboxylic acids is 1. The van der Waals surface area contributed by atoms with Crippen LogP contribution in [0.15, 0.2) is 6.20 Å². The van der Waals surface area contributed by atoms with E-state index in [1.54, 1.807) is 0 Å². The Bertz CT molecular complexity index is 404. The van der Waals surface area contributed by atoms with Crippen molar-refractivity contribution < 1.29 is 4.79 Å². The number of rotatable bonds is 3. The SMILES string of the molecule is CCC(=O)N1CC(n2cc(C3CC3)nn2)C1. The number of hydrogen-bond donors (Lipinski definition) is 0. The van der Waals surface area contributed by atoms with Crippen LogP contribution >= 0.6 is 0 Å². The molecule has 86 valence electrons. The summed E-state index contributed by atoms with van der Waals surface area (Å²) < 4.78 is 1.92. The van der Waals surface area contributed by atoms with Gasteiger partial charge >= 0.3 is 0 Å². The maximum atomic E-state index is 11.4. The Kier molecular flexibility index (Phi) is 2.19. The number of amides is 1. The summed E-state index contributed by atoms with van der Waals surface area (Å²) in [5, 5.41) is 8.33. The number of aromatic nitrogens is 3. The summed E-state index contributed by atoms with van der Waals surface area (Å²) in [4.78, 5) is 13.3. The second kappa shape index (κ2) is 3.57. The van der Waals surface area contributed by atoms with Gasteiger partial charge in [0.2, 0.25) is 5.91 Å². The first-order valence-corrected chi connectivity index (χ1v) is 5.97. The molecule has 0 atom stereocenters. The van der Waals surface area contributed by atoms with Crippen LogP contribution in [0.3, 0.4) is 0 Å². The van der Waals surface area contributed by atoms with Crippen LogP contribution in [0.1, 0.15) is 43.8 Å². The Balaban J connectivity index is 1.60. The van der Waals surface area contributed by atoms with E-state index in [-0.39, 0.29) is 5.91 Å². The third-order valence-electron chi connectivity index (χ3n) is 3.42. The second-order valence-electron chi connectivity index (χ2n) is 4.70. The van der Waals surface area contributed by atoms with Gasteiger partial charge in [0.05, 0.1) is 11.7 Å². The monoisotopic (exact) mass is 220 g/mol. The fraction of sp³-hybridized carbons (Fsp3) is 0.727. The molecule has 0 unspecified atom stereocenters. The van der Waals surface area contributed by atoms with Gasteiger partial charge in [-0.05, 0) is 12.8 Å². The molecule has 0 spiro atoms. The highest BCUT2D eigenvalue weighted by atomic mass is 16.2. The van der Waals surface area contributed by atoms with E-state index < -0.39 is 0 Å². The first-order chi connectivity index (χ1) is 7.78. The zero-order valence-corrected chi connectivity index (χ0v) is 9.46. The van der Waals surface area contributed by atoms with Crippen molar-refractivity contribution in [1.29, 1.82) is 0 Å². The molecule has 1 saturated carbocycles. The zero-order chi connectivity index (χ0) is 11.1. The minimum atomic E-state index is 0.235. The molecule has 5 heteroatoms. The van der Waals surface area contributed by atoms with Crippen LogP contribution in [-0.4, -0.2) is 38.9 Å². The van der Waals surface area contributed by atoms with Crippen molar-refractivity contribution in [2.45, 2.75) is 38.1 Å². The minimum Gasteiger partial charge on any atom is -0.338 e. The molecule has 1 saturated heterocycles. The highest BCUT2D eigenvalue weighted by Gasteiger charge is 2.33. The van der Waals surface area contributed by atoms with Crippen molar-refractivity contribution in [3.8, 4) is 0 Å². The van der Waals surface area contributed by atoms with E-state index in [9.17, 15) is 4.79 Å². The quantitative estimate of drug-likeness (QED) is 0.762. The number of carbonyl (C=O) groups is 1. The van der Waals surface area contributed by atoms with Gasteiger partial charge in [-0.15, -0.1) is 5.10 Å². The molecule has 1 aromatic heterocycles. The Morgan fingerprint density at radius 2 is 2.25 bits per heavy atom. The van der Waals surface area contributed by atoms with Gasteiger partial charge in [0, 0.05) is 31.6 Å². The lowest BCUT2D eigenvalue weighted by molar-refractivity contribution is -0.136. The van der Waals surface area contributed by atoms with Crippen molar-refractivity contribution in [2.24, 2.45) is 0 Å². The predicted molar refractivity (Wildman–Crippen MR) is 57.9 cm³/mol. The summed E-state index contributed by atoms with van der Waals surface area (Å²) in [5.74, 6) is 0.890. The van der Waals surface area contributed by atoms with E-state index in [1.807, 2.05) is 16.5 Å². The van der Waals surface area contributed by atoms with Crippen molar-refractivity contribution in [3.05, 3.63) is 11.9 Å². The van der Waals surface area contributed by atoms with Crippen LogP contribution in [0, 0.1) is 0 Å². The molecule has 0 N–H and O–H groups in total. The molecule has 0 aromatic carbocycles. The van der Waals surface area contributed by atoms with Gasteiger partial charge in [-0.2, -0.15) is 0 Å². The van der Waals surface area contributed by atoms with E-state index in [2.05, 4.69) is 16.5 Å². The summed E-state index contributed by atoms with van der Waals surface area (Å²) >= 11 is 0. The molecule has 2 aliphatic rings. The molecule has 0 radical (unpaired) electrons. The Hall–Kier alpha value is -1.39. The Labute approximate surface area is 94.4 Å². The molecule has 5 nitrogen and oxygen atoms in total. The lowest BCUT2D eigenvalue weighted by atomic mass is 10.1. The minimum absolute atomic E-state index is 0.235. The van der Waals surface area contributed by atoms with E-state index in [0.29, 0.717) is 18.4 Å². The highest BCUT2D eigenvalue weighted by molar-refractivity contribution is 5.76. The standard InChI is InChI=1S/C11H16N4O/c1-2-11(16)14-5-9(6-14)15-7-10(12-13-15)8-3-4-8/h7-9H,2-6H2,1H3. The van der Waals surface area contributed by atoms with E-state index in [0.717, 1.165) is 18.8 Å². The molecule has 1 aromatic rings. The Morgan fingerprint density at radius 3 is 2.88 bits per heavy atom. The highest BCUT2D eigenvalue weighted by Crippen LogP contribution is 2.39. The second-order valence-corrected chi connectivity index (χ2v) is 4.70.